The number of hydrogen-bond donors (Lipinski definition) is 0. The van der Waals surface area contributed by atoms with Gasteiger partial charge in [-0.2, -0.15) is 0 Å². The number of carbonyl (C=O) groups is 5. The smallest absolute Gasteiger partial charge is 0.303 e. The monoisotopic (exact) mass is 754 g/mol. The van der Waals surface area contributed by atoms with Crippen molar-refractivity contribution in [3.63, 3.8) is 0 Å². The number of allylic oxidation sites excluding steroid dienone is 1. The molecule has 0 aromatic carbocycles. The van der Waals surface area contributed by atoms with Crippen molar-refractivity contribution in [1.82, 2.24) is 0 Å². The molecule has 14 atom stereocenters. The highest BCUT2D eigenvalue weighted by Crippen LogP contribution is 2.74. The van der Waals surface area contributed by atoms with Gasteiger partial charge in [0.15, 0.2) is 18.3 Å². The average Bonchev–Trinajstić information content (AvgIpc) is 3.47. The topological polar surface area (TPSA) is 132 Å². The summed E-state index contributed by atoms with van der Waals surface area (Å²) >= 11 is 0. The van der Waals surface area contributed by atoms with E-state index in [4.69, 9.17) is 23.7 Å². The van der Waals surface area contributed by atoms with E-state index in [0.29, 0.717) is 54.1 Å². The Morgan fingerprint density at radius 3 is 1.93 bits per heavy atom. The first kappa shape index (κ1) is 40.9. The van der Waals surface area contributed by atoms with Crippen molar-refractivity contribution >= 4 is 29.7 Å². The zero-order chi connectivity index (χ0) is 39.5. The Bertz CT molecular complexity index is 1520. The summed E-state index contributed by atoms with van der Waals surface area (Å²) in [6.45, 7) is 21.2. The molecule has 6 rings (SSSR count). The lowest BCUT2D eigenvalue weighted by molar-refractivity contribution is -0.254. The Balaban J connectivity index is 1.29. The number of hydrogen-bond acceptors (Lipinski definition) is 10. The van der Waals surface area contributed by atoms with Crippen LogP contribution in [0.4, 0.5) is 0 Å². The fourth-order valence-corrected chi connectivity index (χ4v) is 14.2. The summed E-state index contributed by atoms with van der Waals surface area (Å²) in [6, 6.07) is 0. The first-order valence-corrected chi connectivity index (χ1v) is 20.7. The van der Waals surface area contributed by atoms with Crippen LogP contribution in [0, 0.1) is 57.2 Å². The maximum Gasteiger partial charge on any atom is 0.303 e. The molecule has 0 spiro atoms. The van der Waals surface area contributed by atoms with Crippen LogP contribution in [-0.4, -0.2) is 66.8 Å². The van der Waals surface area contributed by atoms with Gasteiger partial charge in [0.05, 0.1) is 6.10 Å². The van der Waals surface area contributed by atoms with Gasteiger partial charge in [-0.25, -0.2) is 0 Å². The van der Waals surface area contributed by atoms with Crippen LogP contribution in [0.1, 0.15) is 139 Å². The highest BCUT2D eigenvalue weighted by atomic mass is 16.7. The van der Waals surface area contributed by atoms with E-state index >= 15 is 0 Å². The third-order valence-electron chi connectivity index (χ3n) is 16.1. The zero-order valence-corrected chi connectivity index (χ0v) is 34.3. The lowest BCUT2D eigenvalue weighted by Crippen LogP contribution is -2.63. The Morgan fingerprint density at radius 2 is 1.31 bits per heavy atom. The fourth-order valence-electron chi connectivity index (χ4n) is 14.2. The van der Waals surface area contributed by atoms with Crippen molar-refractivity contribution in [1.29, 1.82) is 0 Å². The predicted octanol–water partition coefficient (Wildman–Crippen LogP) is 7.73. The summed E-state index contributed by atoms with van der Waals surface area (Å²) in [7, 11) is 0. The fraction of sp³-hybridized carbons (Fsp3) is 0.841. The molecule has 54 heavy (non-hydrogen) atoms. The largest absolute Gasteiger partial charge is 0.463 e. The van der Waals surface area contributed by atoms with Crippen LogP contribution in [0.25, 0.3) is 0 Å². The predicted molar refractivity (Wildman–Crippen MR) is 201 cm³/mol. The van der Waals surface area contributed by atoms with Crippen LogP contribution >= 0.6 is 0 Å². The molecule has 5 aliphatic carbocycles. The van der Waals surface area contributed by atoms with E-state index in [-0.39, 0.29) is 28.3 Å². The summed E-state index contributed by atoms with van der Waals surface area (Å²) in [6.07, 6.45) is 7.26. The third kappa shape index (κ3) is 7.08. The number of ketones is 1. The second-order valence-electron chi connectivity index (χ2n) is 19.3. The molecule has 1 heterocycles. The van der Waals surface area contributed by atoms with E-state index in [1.807, 2.05) is 0 Å². The summed E-state index contributed by atoms with van der Waals surface area (Å²) in [5.74, 6) is 1.21. The molecule has 0 aromatic rings. The van der Waals surface area contributed by atoms with Crippen molar-refractivity contribution < 1.29 is 47.7 Å². The minimum Gasteiger partial charge on any atom is -0.463 e. The number of fused-ring (bicyclic) bond motifs is 7. The number of ether oxygens (including phenoxy) is 5. The third-order valence-corrected chi connectivity index (χ3v) is 16.1. The van der Waals surface area contributed by atoms with Gasteiger partial charge >= 0.3 is 23.9 Å². The van der Waals surface area contributed by atoms with E-state index in [1.165, 1.54) is 59.0 Å². The minimum atomic E-state index is -1.15. The summed E-state index contributed by atoms with van der Waals surface area (Å²) in [5.41, 5.74) is 1.41. The molecule has 10 nitrogen and oxygen atoms in total. The molecule has 8 unspecified atom stereocenters. The number of carbonyl (C=O) groups excluding carboxylic acids is 5. The van der Waals surface area contributed by atoms with Crippen molar-refractivity contribution in [2.24, 2.45) is 57.2 Å². The highest BCUT2D eigenvalue weighted by Gasteiger charge is 2.67. The van der Waals surface area contributed by atoms with E-state index in [0.717, 1.165) is 38.5 Å². The normalized spacial score (nSPS) is 43.6. The van der Waals surface area contributed by atoms with Gasteiger partial charge in [-0.15, -0.1) is 0 Å². The van der Waals surface area contributed by atoms with Crippen LogP contribution < -0.4 is 0 Å². The molecule has 0 bridgehead atoms. The molecule has 1 aliphatic heterocycles. The molecular formula is C44H66O10. The standard InChI is InChI=1S/C44H66O10/c1-24(2)29-13-20-44(22-15-32-38(51-26(4)46)40(53-28(6)48)39(52-27(5)47)33(54-32)23-50-25(3)45)21-14-31-30(37(29)44)11-12-35-42(31,9)18-16-34-41(7,8)36(49)17-19-43(34,35)10/h29-35,37-40H,1,11-23H2,2-10H3/t29-,30?,31?,32-,33?,34?,35?,37?,38?,39-,40?,42-,43-,44+/m0/s1. The van der Waals surface area contributed by atoms with Gasteiger partial charge in [0.25, 0.3) is 0 Å². The summed E-state index contributed by atoms with van der Waals surface area (Å²) < 4.78 is 29.2. The van der Waals surface area contributed by atoms with Gasteiger partial charge in [-0.05, 0) is 129 Å². The van der Waals surface area contributed by atoms with Crippen molar-refractivity contribution in [2.45, 2.75) is 170 Å². The molecule has 5 saturated carbocycles. The minimum absolute atomic E-state index is 0.0352. The Labute approximate surface area is 322 Å². The number of rotatable bonds is 9. The van der Waals surface area contributed by atoms with Gasteiger partial charge in [0, 0.05) is 39.5 Å². The van der Waals surface area contributed by atoms with Gasteiger partial charge in [0.2, 0.25) is 0 Å². The molecule has 10 heteroatoms. The van der Waals surface area contributed by atoms with Gasteiger partial charge < -0.3 is 23.7 Å². The summed E-state index contributed by atoms with van der Waals surface area (Å²) in [5, 5.41) is 0. The second-order valence-corrected chi connectivity index (χ2v) is 19.3. The Kier molecular flexibility index (Phi) is 11.3. The van der Waals surface area contributed by atoms with Crippen LogP contribution in [0.15, 0.2) is 12.2 Å². The van der Waals surface area contributed by atoms with Crippen LogP contribution in [0.2, 0.25) is 0 Å². The molecule has 6 aliphatic rings. The first-order valence-electron chi connectivity index (χ1n) is 20.7. The lowest BCUT2D eigenvalue weighted by atomic mass is 9.36. The molecular weight excluding hydrogens is 688 g/mol. The SMILES string of the molecule is C=C(C)[C@@H]1CC[C@]2(CC[C@@H]3OC(COC(C)=O)[C@H](OC(C)=O)C(OC(C)=O)C3OC(C)=O)CCC3C(CCC4[C@@]3(C)CCC3C(C)(C)C(=O)CC[C@@]34C)C12. The highest BCUT2D eigenvalue weighted by molar-refractivity contribution is 5.85. The van der Waals surface area contributed by atoms with E-state index < -0.39 is 54.4 Å². The van der Waals surface area contributed by atoms with E-state index in [2.05, 4.69) is 41.2 Å². The van der Waals surface area contributed by atoms with Crippen molar-refractivity contribution in [3.05, 3.63) is 12.2 Å². The van der Waals surface area contributed by atoms with E-state index in [1.54, 1.807) is 0 Å². The molecule has 0 amide bonds. The van der Waals surface area contributed by atoms with Crippen molar-refractivity contribution in [2.75, 3.05) is 6.61 Å². The first-order chi connectivity index (χ1) is 25.2. The Morgan fingerprint density at radius 1 is 0.704 bits per heavy atom. The van der Waals surface area contributed by atoms with E-state index in [9.17, 15) is 24.0 Å². The maximum atomic E-state index is 13.2. The molecule has 1 saturated heterocycles. The maximum absolute atomic E-state index is 13.2. The van der Waals surface area contributed by atoms with Crippen LogP contribution in [0.5, 0.6) is 0 Å². The van der Waals surface area contributed by atoms with Gasteiger partial charge in [0.1, 0.15) is 18.5 Å². The summed E-state index contributed by atoms with van der Waals surface area (Å²) in [4.78, 5) is 62.4. The molecule has 6 fully saturated rings. The lowest BCUT2D eigenvalue weighted by Gasteiger charge is -2.68. The van der Waals surface area contributed by atoms with Gasteiger partial charge in [-0.1, -0.05) is 39.8 Å². The molecule has 0 N–H and O–H groups in total. The van der Waals surface area contributed by atoms with Crippen molar-refractivity contribution in [3.8, 4) is 0 Å². The number of esters is 4. The van der Waals surface area contributed by atoms with Crippen LogP contribution in [-0.2, 0) is 47.7 Å². The zero-order valence-electron chi connectivity index (χ0n) is 34.3. The average molecular weight is 755 g/mol. The van der Waals surface area contributed by atoms with Gasteiger partial charge in [-0.3, -0.25) is 24.0 Å². The molecule has 0 aromatic heterocycles. The molecule has 0 radical (unpaired) electrons. The number of Topliss-reactive ketones (excluding diaryl/α,β-unsaturated/α-hetero) is 1. The van der Waals surface area contributed by atoms with Crippen LogP contribution in [0.3, 0.4) is 0 Å². The Hall–Kier alpha value is -2.75. The quantitative estimate of drug-likeness (QED) is 0.131. The molecule has 302 valence electrons. The second kappa shape index (κ2) is 15.0.